The normalized spacial score (nSPS) is 14.8. The van der Waals surface area contributed by atoms with Gasteiger partial charge in [-0.3, -0.25) is 19.3 Å². The maximum absolute atomic E-state index is 14.0. The molecule has 0 spiro atoms. The summed E-state index contributed by atoms with van der Waals surface area (Å²) in [6.45, 7) is 1.38. The van der Waals surface area contributed by atoms with Crippen LogP contribution in [0.5, 0.6) is 0 Å². The van der Waals surface area contributed by atoms with Crippen molar-refractivity contribution >= 4 is 45.7 Å². The zero-order valence-corrected chi connectivity index (χ0v) is 21.5. The van der Waals surface area contributed by atoms with Crippen LogP contribution in [0.3, 0.4) is 0 Å². The molecule has 0 bridgehead atoms. The first-order chi connectivity index (χ1) is 18.0. The van der Waals surface area contributed by atoms with Gasteiger partial charge < -0.3 is 5.32 Å². The van der Waals surface area contributed by atoms with Crippen molar-refractivity contribution in [3.63, 3.8) is 0 Å². The zero-order chi connectivity index (χ0) is 25.8. The van der Waals surface area contributed by atoms with Crippen LogP contribution in [0.1, 0.15) is 60.3 Å². The van der Waals surface area contributed by atoms with E-state index in [0.29, 0.717) is 16.8 Å². The van der Waals surface area contributed by atoms with Crippen LogP contribution in [0.15, 0.2) is 66.0 Å². The van der Waals surface area contributed by atoms with E-state index in [-0.39, 0.29) is 30.2 Å². The topological polar surface area (TPSA) is 97.2 Å². The van der Waals surface area contributed by atoms with Crippen molar-refractivity contribution in [1.29, 1.82) is 0 Å². The van der Waals surface area contributed by atoms with Crippen LogP contribution in [0.25, 0.3) is 11.0 Å². The highest BCUT2D eigenvalue weighted by Crippen LogP contribution is 2.32. The minimum absolute atomic E-state index is 0.0866. The Bertz CT molecular complexity index is 1410. The number of benzene rings is 2. The number of Topliss-reactive ketones (excluding diaryl/α,β-unsaturated/α-hetero) is 1. The number of nitrogens with zero attached hydrogens (tertiary/aromatic N) is 4. The molecule has 190 valence electrons. The van der Waals surface area contributed by atoms with Crippen LogP contribution in [0.4, 0.5) is 5.69 Å². The summed E-state index contributed by atoms with van der Waals surface area (Å²) in [5, 5.41) is 13.5. The second kappa shape index (κ2) is 11.0. The summed E-state index contributed by atoms with van der Waals surface area (Å²) in [6.07, 6.45) is 5.20. The van der Waals surface area contributed by atoms with Gasteiger partial charge in [0, 0.05) is 22.2 Å². The van der Waals surface area contributed by atoms with Crippen LogP contribution < -0.4 is 10.2 Å². The van der Waals surface area contributed by atoms with Crippen molar-refractivity contribution in [2.24, 2.45) is 0 Å². The van der Waals surface area contributed by atoms with Gasteiger partial charge in [-0.1, -0.05) is 54.8 Å². The number of nitrogens with one attached hydrogen (secondary N) is 1. The van der Waals surface area contributed by atoms with Gasteiger partial charge in [0.25, 0.3) is 0 Å². The number of fused-ring (bicyclic) bond motifs is 1. The van der Waals surface area contributed by atoms with Crippen molar-refractivity contribution in [3.8, 4) is 0 Å². The molecule has 1 N–H and O–H groups in total. The Morgan fingerprint density at radius 2 is 1.86 bits per heavy atom. The lowest BCUT2D eigenvalue weighted by Crippen LogP contribution is -2.48. The number of thiophene rings is 1. The Morgan fingerprint density at radius 1 is 1.05 bits per heavy atom. The summed E-state index contributed by atoms with van der Waals surface area (Å²) in [6, 6.07) is 17.3. The molecule has 0 saturated heterocycles. The average Bonchev–Trinajstić information content (AvgIpc) is 3.58. The molecule has 0 unspecified atom stereocenters. The van der Waals surface area contributed by atoms with E-state index < -0.39 is 6.04 Å². The zero-order valence-electron chi connectivity index (χ0n) is 20.7. The Hall–Kier alpha value is -3.85. The number of anilines is 1. The largest absolute Gasteiger partial charge is 0.351 e. The lowest BCUT2D eigenvalue weighted by molar-refractivity contribution is -0.127. The minimum atomic E-state index is -0.883. The van der Waals surface area contributed by atoms with E-state index in [4.69, 9.17) is 0 Å². The summed E-state index contributed by atoms with van der Waals surface area (Å²) >= 11 is 1.43. The van der Waals surface area contributed by atoms with Crippen LogP contribution in [-0.4, -0.2) is 38.6 Å². The van der Waals surface area contributed by atoms with Gasteiger partial charge in [0.1, 0.15) is 18.1 Å². The quantitative estimate of drug-likeness (QED) is 0.336. The Morgan fingerprint density at radius 3 is 2.62 bits per heavy atom. The third-order valence-electron chi connectivity index (χ3n) is 6.78. The molecular formula is C28H29N5O3S. The van der Waals surface area contributed by atoms with Gasteiger partial charge in [-0.2, -0.15) is 0 Å². The first-order valence-corrected chi connectivity index (χ1v) is 13.4. The lowest BCUT2D eigenvalue weighted by Gasteiger charge is -2.33. The first-order valence-electron chi connectivity index (χ1n) is 12.6. The van der Waals surface area contributed by atoms with Gasteiger partial charge in [0.05, 0.1) is 5.52 Å². The SMILES string of the molecule is CC(=O)c1cccc(N(C(=O)Cn2nnc3ccccc32)[C@@H](C(=O)NC2CCCCC2)c2cccs2)c1. The number of rotatable bonds is 8. The van der Waals surface area contributed by atoms with Gasteiger partial charge in [-0.05, 0) is 55.5 Å². The standard InChI is InChI=1S/C28H29N5O3S/c1-19(34)20-9-7-12-22(17-20)33(26(35)18-32-24-14-6-5-13-23(24)30-31-32)27(25-15-8-16-37-25)28(36)29-21-10-3-2-4-11-21/h5-9,12-17,21,27H,2-4,10-11,18H2,1H3,(H,29,36)/t27-/m1/s1. The van der Waals surface area contributed by atoms with Crippen LogP contribution in [-0.2, 0) is 16.1 Å². The fraction of sp³-hybridized carbons (Fsp3) is 0.321. The second-order valence-electron chi connectivity index (χ2n) is 9.37. The fourth-order valence-corrected chi connectivity index (χ4v) is 5.71. The van der Waals surface area contributed by atoms with Gasteiger partial charge in [0.15, 0.2) is 5.78 Å². The Labute approximate surface area is 219 Å². The fourth-order valence-electron chi connectivity index (χ4n) is 4.90. The van der Waals surface area contributed by atoms with E-state index in [2.05, 4.69) is 15.6 Å². The number of carbonyl (C=O) groups excluding carboxylic acids is 3. The predicted molar refractivity (Wildman–Crippen MR) is 144 cm³/mol. The average molecular weight is 516 g/mol. The minimum Gasteiger partial charge on any atom is -0.351 e. The summed E-state index contributed by atoms with van der Waals surface area (Å²) < 4.78 is 1.55. The van der Waals surface area contributed by atoms with Crippen molar-refractivity contribution in [2.45, 2.75) is 57.7 Å². The number of aromatic nitrogens is 3. The highest BCUT2D eigenvalue weighted by molar-refractivity contribution is 7.10. The van der Waals surface area contributed by atoms with E-state index in [1.54, 1.807) is 28.9 Å². The molecule has 1 atom stereocenters. The molecule has 2 amide bonds. The number of para-hydroxylation sites is 1. The Balaban J connectivity index is 1.55. The number of carbonyl (C=O) groups is 3. The van der Waals surface area contributed by atoms with E-state index in [1.165, 1.54) is 29.6 Å². The van der Waals surface area contributed by atoms with Gasteiger partial charge in [0.2, 0.25) is 11.8 Å². The van der Waals surface area contributed by atoms with Crippen molar-refractivity contribution in [3.05, 3.63) is 76.5 Å². The maximum atomic E-state index is 14.0. The van der Waals surface area contributed by atoms with E-state index in [9.17, 15) is 14.4 Å². The molecule has 4 aromatic rings. The monoisotopic (exact) mass is 515 g/mol. The molecule has 1 aliphatic rings. The van der Waals surface area contributed by atoms with Crippen molar-refractivity contribution in [1.82, 2.24) is 20.3 Å². The molecule has 5 rings (SSSR count). The molecule has 1 fully saturated rings. The van der Waals surface area contributed by atoms with Gasteiger partial charge >= 0.3 is 0 Å². The van der Waals surface area contributed by atoms with Crippen LogP contribution >= 0.6 is 11.3 Å². The molecule has 0 radical (unpaired) electrons. The van der Waals surface area contributed by atoms with Crippen LogP contribution in [0, 0.1) is 0 Å². The Kier molecular flexibility index (Phi) is 7.41. The van der Waals surface area contributed by atoms with Crippen LogP contribution in [0.2, 0.25) is 0 Å². The predicted octanol–water partition coefficient (Wildman–Crippen LogP) is 4.92. The molecule has 2 heterocycles. The molecule has 37 heavy (non-hydrogen) atoms. The number of hydrogen-bond acceptors (Lipinski definition) is 6. The molecule has 1 aliphatic carbocycles. The number of amides is 2. The first kappa shape index (κ1) is 24.8. The molecule has 8 nitrogen and oxygen atoms in total. The molecule has 9 heteroatoms. The lowest BCUT2D eigenvalue weighted by atomic mass is 9.95. The van der Waals surface area contributed by atoms with E-state index in [0.717, 1.165) is 36.1 Å². The third kappa shape index (κ3) is 5.46. The third-order valence-corrected chi connectivity index (χ3v) is 7.70. The second-order valence-corrected chi connectivity index (χ2v) is 10.3. The maximum Gasteiger partial charge on any atom is 0.249 e. The smallest absolute Gasteiger partial charge is 0.249 e. The summed E-state index contributed by atoms with van der Waals surface area (Å²) in [5.41, 5.74) is 2.37. The highest BCUT2D eigenvalue weighted by Gasteiger charge is 2.35. The molecule has 0 aliphatic heterocycles. The van der Waals surface area contributed by atoms with Gasteiger partial charge in [-0.25, -0.2) is 4.68 Å². The summed E-state index contributed by atoms with van der Waals surface area (Å²) in [7, 11) is 0. The van der Waals surface area contributed by atoms with E-state index in [1.807, 2.05) is 41.8 Å². The van der Waals surface area contributed by atoms with Gasteiger partial charge in [-0.15, -0.1) is 16.4 Å². The number of ketones is 1. The highest BCUT2D eigenvalue weighted by atomic mass is 32.1. The summed E-state index contributed by atoms with van der Waals surface area (Å²) in [5.74, 6) is -0.663. The van der Waals surface area contributed by atoms with Crippen molar-refractivity contribution in [2.75, 3.05) is 4.90 Å². The molecule has 1 saturated carbocycles. The summed E-state index contributed by atoms with van der Waals surface area (Å²) in [4.78, 5) is 42.3. The molecule has 2 aromatic heterocycles. The number of hydrogen-bond donors (Lipinski definition) is 1. The van der Waals surface area contributed by atoms with Crippen molar-refractivity contribution < 1.29 is 14.4 Å². The molecular weight excluding hydrogens is 486 g/mol. The molecule has 2 aromatic carbocycles. The van der Waals surface area contributed by atoms with E-state index >= 15 is 0 Å².